The molecule has 0 bridgehead atoms. The molecule has 132 valence electrons. The van der Waals surface area contributed by atoms with Crippen LogP contribution in [0.15, 0.2) is 24.3 Å². The minimum absolute atomic E-state index is 0.0647. The fourth-order valence-corrected chi connectivity index (χ4v) is 3.45. The molecule has 0 atom stereocenters. The Morgan fingerprint density at radius 1 is 1.12 bits per heavy atom. The molecule has 8 heteroatoms. The monoisotopic (exact) mass is 453 g/mol. The van der Waals surface area contributed by atoms with Crippen LogP contribution in [-0.2, 0) is 24.3 Å². The maximum atomic E-state index is 12.1. The van der Waals surface area contributed by atoms with Gasteiger partial charge in [-0.05, 0) is 47.6 Å². The first kappa shape index (κ1) is 17.8. The Bertz CT molecular complexity index is 774. The number of nitrogens with zero attached hydrogens (tertiary/aromatic N) is 3. The summed E-state index contributed by atoms with van der Waals surface area (Å²) in [5.74, 6) is 1.27. The molecule has 25 heavy (non-hydrogen) atoms. The van der Waals surface area contributed by atoms with E-state index in [9.17, 15) is 9.59 Å². The summed E-state index contributed by atoms with van der Waals surface area (Å²) in [5.41, 5.74) is 0.568. The highest BCUT2D eigenvalue weighted by molar-refractivity contribution is 14.1. The van der Waals surface area contributed by atoms with Crippen LogP contribution in [0.1, 0.15) is 41.3 Å². The van der Waals surface area contributed by atoms with Crippen molar-refractivity contribution < 1.29 is 9.59 Å². The van der Waals surface area contributed by atoms with Crippen LogP contribution < -0.4 is 10.6 Å². The van der Waals surface area contributed by atoms with E-state index in [4.69, 9.17) is 0 Å². The van der Waals surface area contributed by atoms with E-state index in [-0.39, 0.29) is 18.4 Å². The number of aromatic nitrogens is 3. The number of aryl methyl sites for hydroxylation is 1. The highest BCUT2D eigenvalue weighted by Gasteiger charge is 2.15. The molecule has 1 aliphatic rings. The fourth-order valence-electron chi connectivity index (χ4n) is 2.82. The normalized spacial score (nSPS) is 13.6. The van der Waals surface area contributed by atoms with E-state index < -0.39 is 0 Å². The first-order valence-corrected chi connectivity index (χ1v) is 9.43. The number of halogens is 1. The summed E-state index contributed by atoms with van der Waals surface area (Å²) in [6.45, 7) is 1.16. The van der Waals surface area contributed by atoms with Crippen LogP contribution in [-0.4, -0.2) is 33.1 Å². The van der Waals surface area contributed by atoms with Crippen molar-refractivity contribution in [1.29, 1.82) is 0 Å². The minimum atomic E-state index is -0.253. The van der Waals surface area contributed by atoms with Crippen molar-refractivity contribution in [3.63, 3.8) is 0 Å². The quantitative estimate of drug-likeness (QED) is 0.675. The first-order valence-electron chi connectivity index (χ1n) is 8.35. The van der Waals surface area contributed by atoms with E-state index in [0.29, 0.717) is 12.1 Å². The van der Waals surface area contributed by atoms with Gasteiger partial charge in [-0.3, -0.25) is 9.59 Å². The number of carbonyl (C=O) groups is 2. The lowest BCUT2D eigenvalue weighted by molar-refractivity contribution is -0.120. The van der Waals surface area contributed by atoms with Crippen LogP contribution in [0.3, 0.4) is 0 Å². The van der Waals surface area contributed by atoms with Gasteiger partial charge < -0.3 is 15.2 Å². The van der Waals surface area contributed by atoms with Crippen molar-refractivity contribution >= 4 is 34.4 Å². The first-order chi connectivity index (χ1) is 12.1. The predicted molar refractivity (Wildman–Crippen MR) is 101 cm³/mol. The lowest BCUT2D eigenvalue weighted by Gasteiger charge is -2.09. The van der Waals surface area contributed by atoms with E-state index in [1.165, 1.54) is 6.42 Å². The van der Waals surface area contributed by atoms with Gasteiger partial charge in [0.1, 0.15) is 5.82 Å². The molecule has 0 saturated carbocycles. The van der Waals surface area contributed by atoms with Gasteiger partial charge in [0.05, 0.1) is 18.7 Å². The molecule has 2 amide bonds. The number of benzene rings is 1. The molecule has 3 rings (SSSR count). The standard InChI is InChI=1S/C17H20IN5O2/c18-13-7-4-3-6-12(13)17(25)20-11-16(24)19-10-15-22-21-14-8-2-1-5-9-23(14)15/h3-4,6-7H,1-2,5,8-11H2,(H,19,24)(H,20,25). The Hall–Kier alpha value is -1.97. The molecule has 0 unspecified atom stereocenters. The Balaban J connectivity index is 1.50. The summed E-state index contributed by atoms with van der Waals surface area (Å²) >= 11 is 2.10. The number of amides is 2. The molecular weight excluding hydrogens is 433 g/mol. The van der Waals surface area contributed by atoms with Crippen LogP contribution in [0.25, 0.3) is 0 Å². The van der Waals surface area contributed by atoms with Gasteiger partial charge in [-0.1, -0.05) is 18.6 Å². The summed E-state index contributed by atoms with van der Waals surface area (Å²) in [5, 5.41) is 13.8. The van der Waals surface area contributed by atoms with Crippen LogP contribution in [0, 0.1) is 3.57 Å². The molecule has 0 aliphatic carbocycles. The fraction of sp³-hybridized carbons (Fsp3) is 0.412. The Morgan fingerprint density at radius 2 is 1.96 bits per heavy atom. The third kappa shape index (κ3) is 4.56. The van der Waals surface area contributed by atoms with E-state index in [0.717, 1.165) is 41.0 Å². The van der Waals surface area contributed by atoms with Gasteiger partial charge in [-0.25, -0.2) is 0 Å². The molecular formula is C17H20IN5O2. The summed E-state index contributed by atoms with van der Waals surface area (Å²) < 4.78 is 2.95. The third-order valence-electron chi connectivity index (χ3n) is 4.16. The predicted octanol–water partition coefficient (Wildman–Crippen LogP) is 1.66. The number of rotatable bonds is 5. The van der Waals surface area contributed by atoms with Crippen molar-refractivity contribution in [2.24, 2.45) is 0 Å². The number of nitrogens with one attached hydrogen (secondary N) is 2. The van der Waals surface area contributed by atoms with E-state index >= 15 is 0 Å². The van der Waals surface area contributed by atoms with E-state index in [2.05, 4.69) is 48.0 Å². The molecule has 2 N–H and O–H groups in total. The molecule has 7 nitrogen and oxygen atoms in total. The second kappa shape index (κ2) is 8.41. The number of carbonyl (C=O) groups excluding carboxylic acids is 2. The van der Waals surface area contributed by atoms with Gasteiger partial charge in [0.2, 0.25) is 5.91 Å². The minimum Gasteiger partial charge on any atom is -0.347 e. The van der Waals surface area contributed by atoms with Crippen molar-refractivity contribution in [2.45, 2.75) is 38.8 Å². The molecule has 0 spiro atoms. The topological polar surface area (TPSA) is 88.9 Å². The zero-order valence-corrected chi connectivity index (χ0v) is 16.0. The average molecular weight is 453 g/mol. The molecule has 0 saturated heterocycles. The highest BCUT2D eigenvalue weighted by Crippen LogP contribution is 2.14. The van der Waals surface area contributed by atoms with Crippen molar-refractivity contribution in [1.82, 2.24) is 25.4 Å². The van der Waals surface area contributed by atoms with Crippen molar-refractivity contribution in [2.75, 3.05) is 6.54 Å². The van der Waals surface area contributed by atoms with Gasteiger partial charge in [0.25, 0.3) is 5.91 Å². The molecule has 1 aromatic heterocycles. The number of hydrogen-bond donors (Lipinski definition) is 2. The molecule has 2 heterocycles. The smallest absolute Gasteiger partial charge is 0.252 e. The summed E-state index contributed by atoms with van der Waals surface area (Å²) in [4.78, 5) is 24.1. The molecule has 2 aromatic rings. The Labute approximate surface area is 159 Å². The molecule has 0 fully saturated rings. The Kier molecular flexibility index (Phi) is 6.00. The Morgan fingerprint density at radius 3 is 2.80 bits per heavy atom. The lowest BCUT2D eigenvalue weighted by atomic mass is 10.2. The van der Waals surface area contributed by atoms with Crippen LogP contribution >= 0.6 is 22.6 Å². The SMILES string of the molecule is O=C(CNC(=O)c1ccccc1I)NCc1nnc2n1CCCCC2. The van der Waals surface area contributed by atoms with Gasteiger partial charge in [-0.15, -0.1) is 10.2 Å². The van der Waals surface area contributed by atoms with Crippen LogP contribution in [0.5, 0.6) is 0 Å². The second-order valence-electron chi connectivity index (χ2n) is 5.93. The van der Waals surface area contributed by atoms with Crippen molar-refractivity contribution in [3.05, 3.63) is 45.0 Å². The molecule has 1 aromatic carbocycles. The lowest BCUT2D eigenvalue weighted by Crippen LogP contribution is -2.37. The van der Waals surface area contributed by atoms with E-state index in [1.807, 2.05) is 12.1 Å². The summed E-state index contributed by atoms with van der Waals surface area (Å²) in [7, 11) is 0. The zero-order valence-electron chi connectivity index (χ0n) is 13.8. The largest absolute Gasteiger partial charge is 0.347 e. The third-order valence-corrected chi connectivity index (χ3v) is 5.10. The summed E-state index contributed by atoms with van der Waals surface area (Å²) in [6, 6.07) is 7.26. The summed E-state index contributed by atoms with van der Waals surface area (Å²) in [6.07, 6.45) is 4.37. The van der Waals surface area contributed by atoms with Crippen molar-refractivity contribution in [3.8, 4) is 0 Å². The van der Waals surface area contributed by atoms with Gasteiger partial charge >= 0.3 is 0 Å². The molecule has 0 radical (unpaired) electrons. The van der Waals surface area contributed by atoms with Gasteiger partial charge in [0.15, 0.2) is 5.82 Å². The van der Waals surface area contributed by atoms with Crippen LogP contribution in [0.2, 0.25) is 0 Å². The van der Waals surface area contributed by atoms with Gasteiger partial charge in [-0.2, -0.15) is 0 Å². The van der Waals surface area contributed by atoms with E-state index in [1.54, 1.807) is 12.1 Å². The maximum Gasteiger partial charge on any atom is 0.252 e. The van der Waals surface area contributed by atoms with Gasteiger partial charge in [0, 0.05) is 16.5 Å². The highest BCUT2D eigenvalue weighted by atomic mass is 127. The number of hydrogen-bond acceptors (Lipinski definition) is 4. The maximum absolute atomic E-state index is 12.1. The average Bonchev–Trinajstić information content (AvgIpc) is 2.84. The second-order valence-corrected chi connectivity index (χ2v) is 7.10. The number of fused-ring (bicyclic) bond motifs is 1. The molecule has 1 aliphatic heterocycles. The zero-order chi connectivity index (χ0) is 17.6. The van der Waals surface area contributed by atoms with Crippen LogP contribution in [0.4, 0.5) is 0 Å².